The number of carboxylic acid groups (broad SMARTS) is 1. The molecule has 92 valence electrons. The summed E-state index contributed by atoms with van der Waals surface area (Å²) < 4.78 is 0.970. The molecular formula is C14H12BrNO2. The van der Waals surface area contributed by atoms with Crippen LogP contribution in [0.5, 0.6) is 0 Å². The van der Waals surface area contributed by atoms with Crippen molar-refractivity contribution in [3.05, 3.63) is 69.7 Å². The fourth-order valence-electron chi connectivity index (χ4n) is 1.73. The Kier molecular flexibility index (Phi) is 3.79. The predicted molar refractivity (Wildman–Crippen MR) is 73.6 cm³/mol. The molecule has 0 aromatic heterocycles. The van der Waals surface area contributed by atoms with Gasteiger partial charge in [-0.05, 0) is 35.4 Å². The first-order valence-electron chi connectivity index (χ1n) is 5.42. The molecule has 0 heterocycles. The highest BCUT2D eigenvalue weighted by Gasteiger charge is 2.10. The Hall–Kier alpha value is -1.65. The average Bonchev–Trinajstić information content (AvgIpc) is 2.38. The highest BCUT2D eigenvalue weighted by Crippen LogP contribution is 2.22. The monoisotopic (exact) mass is 305 g/mol. The molecule has 0 amide bonds. The first-order chi connectivity index (χ1) is 8.58. The molecule has 1 atom stereocenters. The Morgan fingerprint density at radius 2 is 1.78 bits per heavy atom. The third kappa shape index (κ3) is 2.78. The number of halogens is 1. The van der Waals surface area contributed by atoms with E-state index in [1.54, 1.807) is 24.3 Å². The van der Waals surface area contributed by atoms with Crippen molar-refractivity contribution in [2.45, 2.75) is 6.04 Å². The van der Waals surface area contributed by atoms with Gasteiger partial charge in [-0.1, -0.05) is 40.2 Å². The van der Waals surface area contributed by atoms with Crippen LogP contribution in [0.15, 0.2) is 53.0 Å². The van der Waals surface area contributed by atoms with E-state index in [-0.39, 0.29) is 11.6 Å². The standard InChI is InChI=1S/C14H12BrNO2/c15-12-3-1-2-11(8-12)13(16)9-4-6-10(7-5-9)14(17)18/h1-8,13H,16H2,(H,17,18). The maximum atomic E-state index is 10.8. The summed E-state index contributed by atoms with van der Waals surface area (Å²) in [5.41, 5.74) is 8.27. The average molecular weight is 306 g/mol. The second-order valence-corrected chi connectivity index (χ2v) is 4.88. The van der Waals surface area contributed by atoms with E-state index in [2.05, 4.69) is 15.9 Å². The summed E-state index contributed by atoms with van der Waals surface area (Å²) in [4.78, 5) is 10.8. The zero-order valence-electron chi connectivity index (χ0n) is 9.51. The summed E-state index contributed by atoms with van der Waals surface area (Å²) in [6.45, 7) is 0. The van der Waals surface area contributed by atoms with E-state index >= 15 is 0 Å². The number of hydrogen-bond donors (Lipinski definition) is 2. The Morgan fingerprint density at radius 3 is 2.33 bits per heavy atom. The van der Waals surface area contributed by atoms with Crippen LogP contribution in [-0.4, -0.2) is 11.1 Å². The lowest BCUT2D eigenvalue weighted by Gasteiger charge is -2.13. The van der Waals surface area contributed by atoms with Crippen LogP contribution in [0.2, 0.25) is 0 Å². The number of hydrogen-bond acceptors (Lipinski definition) is 2. The molecular weight excluding hydrogens is 294 g/mol. The highest BCUT2D eigenvalue weighted by molar-refractivity contribution is 9.10. The molecule has 1 unspecified atom stereocenters. The van der Waals surface area contributed by atoms with Crippen LogP contribution < -0.4 is 5.73 Å². The molecule has 0 saturated carbocycles. The van der Waals surface area contributed by atoms with Gasteiger partial charge in [0.2, 0.25) is 0 Å². The number of nitrogens with two attached hydrogens (primary N) is 1. The second-order valence-electron chi connectivity index (χ2n) is 3.96. The van der Waals surface area contributed by atoms with Gasteiger partial charge in [0.05, 0.1) is 11.6 Å². The molecule has 18 heavy (non-hydrogen) atoms. The highest BCUT2D eigenvalue weighted by atomic mass is 79.9. The van der Waals surface area contributed by atoms with Gasteiger partial charge in [-0.25, -0.2) is 4.79 Å². The van der Waals surface area contributed by atoms with Crippen molar-refractivity contribution < 1.29 is 9.90 Å². The third-order valence-corrected chi connectivity index (χ3v) is 3.22. The van der Waals surface area contributed by atoms with Crippen LogP contribution >= 0.6 is 15.9 Å². The summed E-state index contributed by atoms with van der Waals surface area (Å²) in [7, 11) is 0. The number of carbonyl (C=O) groups is 1. The third-order valence-electron chi connectivity index (χ3n) is 2.72. The molecule has 3 nitrogen and oxygen atoms in total. The lowest BCUT2D eigenvalue weighted by Crippen LogP contribution is -2.12. The Labute approximate surface area is 113 Å². The van der Waals surface area contributed by atoms with Gasteiger partial charge >= 0.3 is 5.97 Å². The van der Waals surface area contributed by atoms with Gasteiger partial charge in [0.1, 0.15) is 0 Å². The summed E-state index contributed by atoms with van der Waals surface area (Å²) in [5, 5.41) is 8.83. The van der Waals surface area contributed by atoms with Crippen LogP contribution in [0.4, 0.5) is 0 Å². The lowest BCUT2D eigenvalue weighted by molar-refractivity contribution is 0.0697. The number of benzene rings is 2. The van der Waals surface area contributed by atoms with Gasteiger partial charge in [-0.15, -0.1) is 0 Å². The molecule has 0 aliphatic rings. The zero-order valence-corrected chi connectivity index (χ0v) is 11.1. The van der Waals surface area contributed by atoms with Crippen molar-refractivity contribution in [2.24, 2.45) is 5.73 Å². The van der Waals surface area contributed by atoms with Crippen molar-refractivity contribution in [1.82, 2.24) is 0 Å². The molecule has 0 aliphatic carbocycles. The van der Waals surface area contributed by atoms with Crippen molar-refractivity contribution in [3.63, 3.8) is 0 Å². The van der Waals surface area contributed by atoms with Gasteiger partial charge in [0, 0.05) is 4.47 Å². The van der Waals surface area contributed by atoms with Crippen molar-refractivity contribution in [1.29, 1.82) is 0 Å². The van der Waals surface area contributed by atoms with E-state index in [9.17, 15) is 4.79 Å². The molecule has 0 bridgehead atoms. The van der Waals surface area contributed by atoms with Crippen molar-refractivity contribution in [2.75, 3.05) is 0 Å². The van der Waals surface area contributed by atoms with Gasteiger partial charge < -0.3 is 10.8 Å². The molecule has 2 aromatic carbocycles. The maximum Gasteiger partial charge on any atom is 0.335 e. The molecule has 0 fully saturated rings. The second kappa shape index (κ2) is 5.33. The number of carboxylic acids is 1. The molecule has 4 heteroatoms. The molecule has 0 saturated heterocycles. The van der Waals surface area contributed by atoms with E-state index in [0.29, 0.717) is 0 Å². The largest absolute Gasteiger partial charge is 0.478 e. The van der Waals surface area contributed by atoms with Gasteiger partial charge in [0.25, 0.3) is 0 Å². The van der Waals surface area contributed by atoms with Gasteiger partial charge in [-0.3, -0.25) is 0 Å². The van der Waals surface area contributed by atoms with E-state index < -0.39 is 5.97 Å². The Bertz CT molecular complexity index is 566. The van der Waals surface area contributed by atoms with E-state index in [1.165, 1.54) is 0 Å². The molecule has 3 N–H and O–H groups in total. The fourth-order valence-corrected chi connectivity index (χ4v) is 2.14. The van der Waals surface area contributed by atoms with Crippen LogP contribution in [0.1, 0.15) is 27.5 Å². The normalized spacial score (nSPS) is 12.1. The van der Waals surface area contributed by atoms with Crippen molar-refractivity contribution >= 4 is 21.9 Å². The Morgan fingerprint density at radius 1 is 1.11 bits per heavy atom. The summed E-state index contributed by atoms with van der Waals surface area (Å²) in [6.07, 6.45) is 0. The first kappa shape index (κ1) is 12.8. The minimum absolute atomic E-state index is 0.259. The van der Waals surface area contributed by atoms with E-state index in [0.717, 1.165) is 15.6 Å². The number of rotatable bonds is 3. The van der Waals surface area contributed by atoms with Crippen LogP contribution in [-0.2, 0) is 0 Å². The fraction of sp³-hybridized carbons (Fsp3) is 0.0714. The minimum atomic E-state index is -0.933. The van der Waals surface area contributed by atoms with Gasteiger partial charge in [0.15, 0.2) is 0 Å². The summed E-state index contributed by atoms with van der Waals surface area (Å²) >= 11 is 3.40. The molecule has 0 spiro atoms. The van der Waals surface area contributed by atoms with Crippen LogP contribution in [0, 0.1) is 0 Å². The smallest absolute Gasteiger partial charge is 0.335 e. The molecule has 2 rings (SSSR count). The first-order valence-corrected chi connectivity index (χ1v) is 6.21. The van der Waals surface area contributed by atoms with Crippen LogP contribution in [0.3, 0.4) is 0 Å². The van der Waals surface area contributed by atoms with E-state index in [1.807, 2.05) is 24.3 Å². The predicted octanol–water partition coefficient (Wildman–Crippen LogP) is 3.20. The topological polar surface area (TPSA) is 63.3 Å². The summed E-state index contributed by atoms with van der Waals surface area (Å²) in [5.74, 6) is -0.933. The minimum Gasteiger partial charge on any atom is -0.478 e. The SMILES string of the molecule is NC(c1ccc(C(=O)O)cc1)c1cccc(Br)c1. The van der Waals surface area contributed by atoms with Crippen molar-refractivity contribution in [3.8, 4) is 0 Å². The van der Waals surface area contributed by atoms with Gasteiger partial charge in [-0.2, -0.15) is 0 Å². The van der Waals surface area contributed by atoms with Crippen LogP contribution in [0.25, 0.3) is 0 Å². The van der Waals surface area contributed by atoms with E-state index in [4.69, 9.17) is 10.8 Å². The zero-order chi connectivity index (χ0) is 13.1. The molecule has 0 radical (unpaired) electrons. The molecule has 2 aromatic rings. The Balaban J connectivity index is 2.28. The molecule has 0 aliphatic heterocycles. The lowest BCUT2D eigenvalue weighted by atomic mass is 9.99. The number of aromatic carboxylic acids is 1. The quantitative estimate of drug-likeness (QED) is 0.915. The maximum absolute atomic E-state index is 10.8. The summed E-state index contributed by atoms with van der Waals surface area (Å²) in [6, 6.07) is 14.1.